The third-order valence-electron chi connectivity index (χ3n) is 4.82. The van der Waals surface area contributed by atoms with Crippen LogP contribution in [0.3, 0.4) is 0 Å². The van der Waals surface area contributed by atoms with Crippen molar-refractivity contribution in [3.63, 3.8) is 0 Å². The van der Waals surface area contributed by atoms with Crippen molar-refractivity contribution in [2.24, 2.45) is 0 Å². The number of hydrogen-bond acceptors (Lipinski definition) is 5. The number of H-pyrrole nitrogens is 1. The summed E-state index contributed by atoms with van der Waals surface area (Å²) in [6.45, 7) is 1.17. The molecule has 7 nitrogen and oxygen atoms in total. The zero-order valence-electron chi connectivity index (χ0n) is 16.3. The number of rotatable bonds is 7. The van der Waals surface area contributed by atoms with E-state index in [9.17, 15) is 4.79 Å². The van der Waals surface area contributed by atoms with Gasteiger partial charge in [-0.3, -0.25) is 4.79 Å². The first-order chi connectivity index (χ1) is 14.2. The minimum absolute atomic E-state index is 0.159. The van der Waals surface area contributed by atoms with Gasteiger partial charge in [-0.2, -0.15) is 0 Å². The molecule has 148 valence electrons. The molecule has 0 saturated heterocycles. The van der Waals surface area contributed by atoms with E-state index in [1.165, 1.54) is 5.56 Å². The molecule has 4 aromatic rings. The van der Waals surface area contributed by atoms with Crippen LogP contribution in [0.15, 0.2) is 66.0 Å². The van der Waals surface area contributed by atoms with Crippen molar-refractivity contribution in [3.8, 4) is 11.5 Å². The van der Waals surface area contributed by atoms with Gasteiger partial charge in [-0.1, -0.05) is 12.1 Å². The Bertz CT molecular complexity index is 1170. The standard InChI is InChI=1S/C22H22N4O3/c1-28-19-7-8-20(29-2)21-18(19)11-16(22(27)25-21)12-24-17-5-3-15(4-6-17)13-26-10-9-23-14-26/h3-11,14,24H,12-13H2,1-2H3,(H,25,27). The van der Waals surface area contributed by atoms with Crippen LogP contribution in [0.1, 0.15) is 11.1 Å². The Morgan fingerprint density at radius 1 is 1.07 bits per heavy atom. The summed E-state index contributed by atoms with van der Waals surface area (Å²) in [6.07, 6.45) is 5.49. The second-order valence-corrected chi connectivity index (χ2v) is 6.67. The number of nitrogens with zero attached hydrogens (tertiary/aromatic N) is 2. The zero-order chi connectivity index (χ0) is 20.2. The molecule has 0 aliphatic rings. The fraction of sp³-hybridized carbons (Fsp3) is 0.182. The summed E-state index contributed by atoms with van der Waals surface area (Å²) in [5.41, 5.74) is 3.20. The predicted octanol–water partition coefficient (Wildman–Crippen LogP) is 3.40. The monoisotopic (exact) mass is 390 g/mol. The van der Waals surface area contributed by atoms with Crippen LogP contribution in [-0.4, -0.2) is 28.8 Å². The number of aromatic nitrogens is 3. The number of ether oxygens (including phenoxy) is 2. The molecule has 0 unspecified atom stereocenters. The molecule has 0 spiro atoms. The van der Waals surface area contributed by atoms with E-state index in [2.05, 4.69) is 27.4 Å². The number of anilines is 1. The van der Waals surface area contributed by atoms with Crippen LogP contribution in [0.4, 0.5) is 5.69 Å². The number of aromatic amines is 1. The molecule has 4 rings (SSSR count). The molecular formula is C22H22N4O3. The van der Waals surface area contributed by atoms with E-state index in [1.54, 1.807) is 32.8 Å². The first-order valence-corrected chi connectivity index (χ1v) is 9.23. The van der Waals surface area contributed by atoms with E-state index in [-0.39, 0.29) is 5.56 Å². The van der Waals surface area contributed by atoms with Crippen molar-refractivity contribution < 1.29 is 9.47 Å². The summed E-state index contributed by atoms with van der Waals surface area (Å²) in [4.78, 5) is 19.5. The number of hydrogen-bond donors (Lipinski definition) is 2. The first kappa shape index (κ1) is 18.6. The molecule has 0 fully saturated rings. The fourth-order valence-electron chi connectivity index (χ4n) is 3.28. The number of fused-ring (bicyclic) bond motifs is 1. The van der Waals surface area contributed by atoms with E-state index in [0.29, 0.717) is 29.1 Å². The molecule has 7 heteroatoms. The molecule has 0 atom stereocenters. The number of methoxy groups -OCH3 is 2. The van der Waals surface area contributed by atoms with Crippen LogP contribution < -0.4 is 20.3 Å². The van der Waals surface area contributed by atoms with Gasteiger partial charge < -0.3 is 24.3 Å². The van der Waals surface area contributed by atoms with Crippen molar-refractivity contribution in [1.29, 1.82) is 0 Å². The van der Waals surface area contributed by atoms with Crippen molar-refractivity contribution in [2.75, 3.05) is 19.5 Å². The van der Waals surface area contributed by atoms with Crippen molar-refractivity contribution >= 4 is 16.6 Å². The normalized spacial score (nSPS) is 10.8. The van der Waals surface area contributed by atoms with E-state index in [1.807, 2.05) is 35.0 Å². The highest BCUT2D eigenvalue weighted by Crippen LogP contribution is 2.31. The van der Waals surface area contributed by atoms with Crippen molar-refractivity contribution in [2.45, 2.75) is 13.1 Å². The molecule has 2 N–H and O–H groups in total. The van der Waals surface area contributed by atoms with Crippen LogP contribution in [-0.2, 0) is 13.1 Å². The third kappa shape index (κ3) is 3.94. The largest absolute Gasteiger partial charge is 0.496 e. The maximum Gasteiger partial charge on any atom is 0.253 e. The molecular weight excluding hydrogens is 368 g/mol. The lowest BCUT2D eigenvalue weighted by Gasteiger charge is -2.12. The SMILES string of the molecule is COc1ccc(OC)c2[nH]c(=O)c(CNc3ccc(Cn4ccnc4)cc3)cc12. The molecule has 0 aliphatic carbocycles. The van der Waals surface area contributed by atoms with Gasteiger partial charge in [0.25, 0.3) is 5.56 Å². The number of benzene rings is 2. The second kappa shape index (κ2) is 8.10. The Hall–Kier alpha value is -3.74. The van der Waals surface area contributed by atoms with Crippen LogP contribution >= 0.6 is 0 Å². The molecule has 29 heavy (non-hydrogen) atoms. The van der Waals surface area contributed by atoms with E-state index in [0.717, 1.165) is 17.6 Å². The van der Waals surface area contributed by atoms with E-state index >= 15 is 0 Å². The van der Waals surface area contributed by atoms with Gasteiger partial charge in [-0.25, -0.2) is 4.98 Å². The molecule has 2 aromatic heterocycles. The summed E-state index contributed by atoms with van der Waals surface area (Å²) >= 11 is 0. The number of nitrogens with one attached hydrogen (secondary N) is 2. The highest BCUT2D eigenvalue weighted by Gasteiger charge is 2.11. The lowest BCUT2D eigenvalue weighted by Crippen LogP contribution is -2.16. The average Bonchev–Trinajstić information content (AvgIpc) is 3.25. The maximum atomic E-state index is 12.6. The summed E-state index contributed by atoms with van der Waals surface area (Å²) in [5, 5.41) is 4.11. The zero-order valence-corrected chi connectivity index (χ0v) is 16.3. The quantitative estimate of drug-likeness (QED) is 0.505. The second-order valence-electron chi connectivity index (χ2n) is 6.67. The minimum Gasteiger partial charge on any atom is -0.496 e. The molecule has 2 heterocycles. The van der Waals surface area contributed by atoms with Crippen LogP contribution in [0.2, 0.25) is 0 Å². The summed E-state index contributed by atoms with van der Waals surface area (Å²) in [5.74, 6) is 1.29. The van der Waals surface area contributed by atoms with Crippen LogP contribution in [0, 0.1) is 0 Å². The summed E-state index contributed by atoms with van der Waals surface area (Å²) in [6, 6.07) is 13.6. The van der Waals surface area contributed by atoms with Gasteiger partial charge in [-0.15, -0.1) is 0 Å². The minimum atomic E-state index is -0.159. The van der Waals surface area contributed by atoms with Crippen molar-refractivity contribution in [3.05, 3.63) is 82.7 Å². The fourth-order valence-corrected chi connectivity index (χ4v) is 3.28. The van der Waals surface area contributed by atoms with Gasteiger partial charge in [0.15, 0.2) is 0 Å². The summed E-state index contributed by atoms with van der Waals surface area (Å²) < 4.78 is 12.8. The van der Waals surface area contributed by atoms with E-state index in [4.69, 9.17) is 9.47 Å². The van der Waals surface area contributed by atoms with Crippen LogP contribution in [0.5, 0.6) is 11.5 Å². The van der Waals surface area contributed by atoms with Crippen molar-refractivity contribution in [1.82, 2.24) is 14.5 Å². The topological polar surface area (TPSA) is 81.2 Å². The molecule has 0 bridgehead atoms. The smallest absolute Gasteiger partial charge is 0.253 e. The number of imidazole rings is 1. The highest BCUT2D eigenvalue weighted by molar-refractivity contribution is 5.90. The predicted molar refractivity (Wildman–Crippen MR) is 113 cm³/mol. The van der Waals surface area contributed by atoms with Gasteiger partial charge in [0, 0.05) is 42.1 Å². The number of pyridine rings is 1. The highest BCUT2D eigenvalue weighted by atomic mass is 16.5. The Balaban J connectivity index is 1.53. The van der Waals surface area contributed by atoms with Gasteiger partial charge >= 0.3 is 0 Å². The summed E-state index contributed by atoms with van der Waals surface area (Å²) in [7, 11) is 3.18. The molecule has 0 radical (unpaired) electrons. The van der Waals surface area contributed by atoms with Gasteiger partial charge in [0.2, 0.25) is 0 Å². The lowest BCUT2D eigenvalue weighted by atomic mass is 10.1. The van der Waals surface area contributed by atoms with E-state index < -0.39 is 0 Å². The average molecular weight is 390 g/mol. The van der Waals surface area contributed by atoms with Gasteiger partial charge in [0.1, 0.15) is 11.5 Å². The van der Waals surface area contributed by atoms with Gasteiger partial charge in [-0.05, 0) is 35.9 Å². The molecule has 0 aliphatic heterocycles. The maximum absolute atomic E-state index is 12.6. The molecule has 0 amide bonds. The Morgan fingerprint density at radius 3 is 2.52 bits per heavy atom. The van der Waals surface area contributed by atoms with Crippen LogP contribution in [0.25, 0.3) is 10.9 Å². The molecule has 2 aromatic carbocycles. The molecule has 0 saturated carbocycles. The Labute approximate surface area is 167 Å². The Kier molecular flexibility index (Phi) is 5.20. The van der Waals surface area contributed by atoms with Gasteiger partial charge in [0.05, 0.1) is 26.1 Å². The Morgan fingerprint density at radius 2 is 1.83 bits per heavy atom. The first-order valence-electron chi connectivity index (χ1n) is 9.23. The third-order valence-corrected chi connectivity index (χ3v) is 4.82. The lowest BCUT2D eigenvalue weighted by molar-refractivity contribution is 0.409.